The quantitative estimate of drug-likeness (QED) is 0.648. The summed E-state index contributed by atoms with van der Waals surface area (Å²) in [5.41, 5.74) is 2.82. The summed E-state index contributed by atoms with van der Waals surface area (Å²) in [6.45, 7) is 2.45. The van der Waals surface area contributed by atoms with Crippen LogP contribution in [0.3, 0.4) is 0 Å². The summed E-state index contributed by atoms with van der Waals surface area (Å²) in [6, 6.07) is 14.5. The number of alkyl halides is 1. The summed E-state index contributed by atoms with van der Waals surface area (Å²) in [5, 5.41) is -0.198. The summed E-state index contributed by atoms with van der Waals surface area (Å²) in [6.07, 6.45) is 0. The zero-order valence-electron chi connectivity index (χ0n) is 11.1. The van der Waals surface area contributed by atoms with E-state index in [0.717, 1.165) is 22.4 Å². The molecule has 2 aromatic carbocycles. The predicted octanol–water partition coefficient (Wildman–Crippen LogP) is 4.52. The zero-order valence-corrected chi connectivity index (χ0v) is 11.8. The first-order valence-corrected chi connectivity index (χ1v) is 6.92. The Morgan fingerprint density at radius 3 is 2.75 bits per heavy atom. The zero-order chi connectivity index (χ0) is 14.1. The van der Waals surface area contributed by atoms with Gasteiger partial charge in [-0.15, -0.1) is 11.6 Å². The van der Waals surface area contributed by atoms with Crippen molar-refractivity contribution in [1.82, 2.24) is 9.55 Å². The van der Waals surface area contributed by atoms with Crippen LogP contribution >= 0.6 is 11.6 Å². The largest absolute Gasteiger partial charge is 0.322 e. The van der Waals surface area contributed by atoms with Crippen LogP contribution in [0.4, 0.5) is 4.39 Å². The average molecular weight is 289 g/mol. The SMILES string of the molecule is CC(Cl)c1nc2ccccc2n1Cc1cccc(F)c1. The highest BCUT2D eigenvalue weighted by molar-refractivity contribution is 6.20. The molecule has 0 saturated heterocycles. The number of benzene rings is 2. The van der Waals surface area contributed by atoms with Crippen LogP contribution in [0.1, 0.15) is 23.7 Å². The van der Waals surface area contributed by atoms with Crippen molar-refractivity contribution in [2.45, 2.75) is 18.8 Å². The van der Waals surface area contributed by atoms with Gasteiger partial charge in [0.25, 0.3) is 0 Å². The van der Waals surface area contributed by atoms with Gasteiger partial charge in [-0.05, 0) is 36.8 Å². The molecule has 1 heterocycles. The molecule has 0 spiro atoms. The molecule has 0 amide bonds. The summed E-state index contributed by atoms with van der Waals surface area (Å²) >= 11 is 6.22. The molecular formula is C16H14ClFN2. The van der Waals surface area contributed by atoms with E-state index in [1.54, 1.807) is 6.07 Å². The molecule has 0 fully saturated rings. The lowest BCUT2D eigenvalue weighted by molar-refractivity contribution is 0.623. The molecule has 20 heavy (non-hydrogen) atoms. The number of para-hydroxylation sites is 2. The van der Waals surface area contributed by atoms with Gasteiger partial charge in [0, 0.05) is 6.54 Å². The minimum atomic E-state index is -0.229. The molecule has 4 heteroatoms. The Kier molecular flexibility index (Phi) is 3.45. The lowest BCUT2D eigenvalue weighted by Crippen LogP contribution is -2.06. The maximum Gasteiger partial charge on any atom is 0.128 e. The van der Waals surface area contributed by atoms with Crippen molar-refractivity contribution < 1.29 is 4.39 Å². The van der Waals surface area contributed by atoms with Gasteiger partial charge in [0.1, 0.15) is 11.6 Å². The molecular weight excluding hydrogens is 275 g/mol. The van der Waals surface area contributed by atoms with Crippen LogP contribution in [0.25, 0.3) is 11.0 Å². The van der Waals surface area contributed by atoms with Crippen molar-refractivity contribution in [1.29, 1.82) is 0 Å². The van der Waals surface area contributed by atoms with Gasteiger partial charge in [-0.1, -0.05) is 24.3 Å². The summed E-state index contributed by atoms with van der Waals surface area (Å²) in [7, 11) is 0. The first-order chi connectivity index (χ1) is 9.65. The van der Waals surface area contributed by atoms with Gasteiger partial charge in [0.2, 0.25) is 0 Å². The van der Waals surface area contributed by atoms with Crippen molar-refractivity contribution in [3.05, 3.63) is 65.7 Å². The molecule has 102 valence electrons. The first kappa shape index (κ1) is 13.1. The molecule has 0 aliphatic heterocycles. The van der Waals surface area contributed by atoms with Gasteiger partial charge in [-0.2, -0.15) is 0 Å². The Labute approximate surface area is 121 Å². The molecule has 0 N–H and O–H groups in total. The number of imidazole rings is 1. The van der Waals surface area contributed by atoms with E-state index in [0.29, 0.717) is 6.54 Å². The molecule has 0 radical (unpaired) electrons. The summed E-state index contributed by atoms with van der Waals surface area (Å²) in [4.78, 5) is 4.57. The van der Waals surface area contributed by atoms with Crippen molar-refractivity contribution in [3.8, 4) is 0 Å². The van der Waals surface area contributed by atoms with E-state index in [-0.39, 0.29) is 11.2 Å². The Balaban J connectivity index is 2.11. The predicted molar refractivity (Wildman–Crippen MR) is 79.5 cm³/mol. The van der Waals surface area contributed by atoms with Gasteiger partial charge in [0.05, 0.1) is 16.4 Å². The highest BCUT2D eigenvalue weighted by Gasteiger charge is 2.14. The monoisotopic (exact) mass is 288 g/mol. The van der Waals surface area contributed by atoms with Gasteiger partial charge in [0.15, 0.2) is 0 Å². The third-order valence-corrected chi connectivity index (χ3v) is 3.46. The van der Waals surface area contributed by atoms with Gasteiger partial charge < -0.3 is 4.57 Å². The maximum absolute atomic E-state index is 13.3. The van der Waals surface area contributed by atoms with Crippen LogP contribution in [0.15, 0.2) is 48.5 Å². The lowest BCUT2D eigenvalue weighted by atomic mass is 10.2. The molecule has 3 aromatic rings. The molecule has 1 aromatic heterocycles. The fourth-order valence-corrected chi connectivity index (χ4v) is 2.55. The van der Waals surface area contributed by atoms with Crippen LogP contribution in [-0.4, -0.2) is 9.55 Å². The smallest absolute Gasteiger partial charge is 0.128 e. The Morgan fingerprint density at radius 1 is 1.20 bits per heavy atom. The molecule has 0 saturated carbocycles. The minimum Gasteiger partial charge on any atom is -0.322 e. The van der Waals surface area contributed by atoms with Crippen LogP contribution in [0.2, 0.25) is 0 Å². The van der Waals surface area contributed by atoms with Gasteiger partial charge in [-0.25, -0.2) is 9.37 Å². The van der Waals surface area contributed by atoms with E-state index < -0.39 is 0 Å². The van der Waals surface area contributed by atoms with E-state index in [4.69, 9.17) is 11.6 Å². The van der Waals surface area contributed by atoms with E-state index in [2.05, 4.69) is 4.98 Å². The topological polar surface area (TPSA) is 17.8 Å². The number of halogens is 2. The molecule has 0 bridgehead atoms. The first-order valence-electron chi connectivity index (χ1n) is 6.49. The molecule has 2 nitrogen and oxygen atoms in total. The standard InChI is InChI=1S/C16H14ClFN2/c1-11(17)16-19-14-7-2-3-8-15(14)20(16)10-12-5-4-6-13(18)9-12/h2-9,11H,10H2,1H3. The van der Waals surface area contributed by atoms with Gasteiger partial charge in [-0.3, -0.25) is 0 Å². The second kappa shape index (κ2) is 5.25. The molecule has 0 aliphatic rings. The van der Waals surface area contributed by atoms with Crippen LogP contribution < -0.4 is 0 Å². The normalized spacial score (nSPS) is 12.8. The van der Waals surface area contributed by atoms with E-state index in [9.17, 15) is 4.39 Å². The van der Waals surface area contributed by atoms with Crippen molar-refractivity contribution in [3.63, 3.8) is 0 Å². The van der Waals surface area contributed by atoms with Crippen LogP contribution in [0.5, 0.6) is 0 Å². The van der Waals surface area contributed by atoms with E-state index in [1.165, 1.54) is 12.1 Å². The number of fused-ring (bicyclic) bond motifs is 1. The highest BCUT2D eigenvalue weighted by Crippen LogP contribution is 2.25. The molecule has 0 aliphatic carbocycles. The third-order valence-electron chi connectivity index (χ3n) is 3.27. The Bertz CT molecular complexity index is 749. The molecule has 3 rings (SSSR count). The lowest BCUT2D eigenvalue weighted by Gasteiger charge is -2.10. The van der Waals surface area contributed by atoms with Crippen LogP contribution in [-0.2, 0) is 6.54 Å². The van der Waals surface area contributed by atoms with Crippen molar-refractivity contribution >= 4 is 22.6 Å². The highest BCUT2D eigenvalue weighted by atomic mass is 35.5. The van der Waals surface area contributed by atoms with E-state index >= 15 is 0 Å². The number of hydrogen-bond donors (Lipinski definition) is 0. The third kappa shape index (κ3) is 2.41. The Morgan fingerprint density at radius 2 is 2.00 bits per heavy atom. The van der Waals surface area contributed by atoms with E-state index in [1.807, 2.05) is 41.8 Å². The molecule has 1 atom stereocenters. The van der Waals surface area contributed by atoms with Gasteiger partial charge >= 0.3 is 0 Å². The second-order valence-electron chi connectivity index (χ2n) is 4.79. The number of hydrogen-bond acceptors (Lipinski definition) is 1. The van der Waals surface area contributed by atoms with Crippen LogP contribution in [0, 0.1) is 5.82 Å². The van der Waals surface area contributed by atoms with Crippen molar-refractivity contribution in [2.75, 3.05) is 0 Å². The number of nitrogens with zero attached hydrogens (tertiary/aromatic N) is 2. The fraction of sp³-hybridized carbons (Fsp3) is 0.188. The number of aromatic nitrogens is 2. The Hall–Kier alpha value is -1.87. The minimum absolute atomic E-state index is 0.198. The van der Waals surface area contributed by atoms with Crippen molar-refractivity contribution in [2.24, 2.45) is 0 Å². The summed E-state index contributed by atoms with van der Waals surface area (Å²) < 4.78 is 15.4. The maximum atomic E-state index is 13.3. The summed E-state index contributed by atoms with van der Waals surface area (Å²) in [5.74, 6) is 0.574. The fourth-order valence-electron chi connectivity index (χ4n) is 2.38. The average Bonchev–Trinajstić information content (AvgIpc) is 2.78. The second-order valence-corrected chi connectivity index (χ2v) is 5.45. The molecule has 1 unspecified atom stereocenters. The number of rotatable bonds is 3.